The van der Waals surface area contributed by atoms with E-state index in [1.165, 1.54) is 12.1 Å². The van der Waals surface area contributed by atoms with Crippen molar-refractivity contribution in [2.75, 3.05) is 16.6 Å². The number of aryl methyl sites for hydroxylation is 2. The fraction of sp³-hybridized carbons (Fsp3) is 0.120. The molecule has 7 nitrogen and oxygen atoms in total. The maximum atomic E-state index is 13.0. The van der Waals surface area contributed by atoms with Crippen molar-refractivity contribution in [2.45, 2.75) is 18.7 Å². The third kappa shape index (κ3) is 5.87. The number of sulfonamides is 1. The van der Waals surface area contributed by atoms with Crippen LogP contribution < -0.4 is 15.4 Å². The van der Waals surface area contributed by atoms with E-state index in [0.717, 1.165) is 5.56 Å². The molecule has 0 aliphatic heterocycles. The smallest absolute Gasteiger partial charge is 0.262 e. The molecule has 0 spiro atoms. The van der Waals surface area contributed by atoms with Gasteiger partial charge in [-0.1, -0.05) is 42.0 Å². The van der Waals surface area contributed by atoms with Gasteiger partial charge in [0.15, 0.2) is 0 Å². The minimum absolute atomic E-state index is 0.00673. The summed E-state index contributed by atoms with van der Waals surface area (Å²) in [4.78, 5) is 25.3. The molecule has 0 saturated heterocycles. The van der Waals surface area contributed by atoms with Crippen LogP contribution in [0.3, 0.4) is 0 Å². The molecule has 0 fully saturated rings. The van der Waals surface area contributed by atoms with Crippen molar-refractivity contribution in [3.63, 3.8) is 0 Å². The lowest BCUT2D eigenvalue weighted by Gasteiger charge is -2.14. The summed E-state index contributed by atoms with van der Waals surface area (Å²) in [5.74, 6) is -0.897. The topological polar surface area (TPSA) is 104 Å². The summed E-state index contributed by atoms with van der Waals surface area (Å²) in [5.41, 5.74) is 2.67. The number of benzene rings is 3. The van der Waals surface area contributed by atoms with Crippen molar-refractivity contribution in [1.29, 1.82) is 0 Å². The second kappa shape index (κ2) is 10.1. The first kappa shape index (κ1) is 23.7. The van der Waals surface area contributed by atoms with E-state index in [1.54, 1.807) is 67.6 Å². The van der Waals surface area contributed by atoms with E-state index in [2.05, 4.69) is 21.9 Å². The number of anilines is 2. The molecular formula is C25H25N3O4S. The quantitative estimate of drug-likeness (QED) is 0.434. The molecule has 33 heavy (non-hydrogen) atoms. The molecular weight excluding hydrogens is 438 g/mol. The van der Waals surface area contributed by atoms with Crippen molar-refractivity contribution in [1.82, 2.24) is 5.32 Å². The fourth-order valence-electron chi connectivity index (χ4n) is 3.11. The van der Waals surface area contributed by atoms with Gasteiger partial charge in [-0.05, 0) is 55.8 Å². The zero-order valence-corrected chi connectivity index (χ0v) is 19.2. The lowest BCUT2D eigenvalue weighted by molar-refractivity contribution is 0.0959. The minimum atomic E-state index is -3.92. The highest BCUT2D eigenvalue weighted by atomic mass is 32.2. The van der Waals surface area contributed by atoms with E-state index in [-0.39, 0.29) is 28.5 Å². The number of rotatable bonds is 8. The number of carbonyl (C=O) groups excluding carboxylic acids is 2. The average Bonchev–Trinajstić information content (AvgIpc) is 2.79. The summed E-state index contributed by atoms with van der Waals surface area (Å²) in [6.07, 6.45) is 1.55. The zero-order chi connectivity index (χ0) is 24.0. The molecule has 3 rings (SSSR count). The SMILES string of the molecule is C=CCNC(=O)c1ccccc1NC(=O)c1ccc(C)c(S(=O)(=O)Nc2ccc(C)cc2)c1. The predicted molar refractivity (Wildman–Crippen MR) is 130 cm³/mol. The van der Waals surface area contributed by atoms with Crippen molar-refractivity contribution in [2.24, 2.45) is 0 Å². The van der Waals surface area contributed by atoms with Crippen LogP contribution in [0.1, 0.15) is 31.8 Å². The van der Waals surface area contributed by atoms with Crippen molar-refractivity contribution in [3.05, 3.63) is 102 Å². The minimum Gasteiger partial charge on any atom is -0.349 e. The van der Waals surface area contributed by atoms with Gasteiger partial charge in [-0.2, -0.15) is 0 Å². The van der Waals surface area contributed by atoms with E-state index in [9.17, 15) is 18.0 Å². The number of nitrogens with one attached hydrogen (secondary N) is 3. The normalized spacial score (nSPS) is 10.8. The molecule has 0 aliphatic rings. The largest absolute Gasteiger partial charge is 0.349 e. The van der Waals surface area contributed by atoms with E-state index in [4.69, 9.17) is 0 Å². The van der Waals surface area contributed by atoms with E-state index >= 15 is 0 Å². The maximum absolute atomic E-state index is 13.0. The second-order valence-corrected chi connectivity index (χ2v) is 9.10. The van der Waals surface area contributed by atoms with Crippen molar-refractivity contribution < 1.29 is 18.0 Å². The molecule has 0 heterocycles. The third-order valence-electron chi connectivity index (χ3n) is 4.87. The van der Waals surface area contributed by atoms with E-state index in [0.29, 0.717) is 16.9 Å². The zero-order valence-electron chi connectivity index (χ0n) is 18.4. The Bertz CT molecular complexity index is 1300. The maximum Gasteiger partial charge on any atom is 0.262 e. The molecule has 0 aliphatic carbocycles. The molecule has 0 bridgehead atoms. The van der Waals surface area contributed by atoms with Crippen LogP contribution in [0, 0.1) is 13.8 Å². The van der Waals surface area contributed by atoms with Crippen LogP contribution in [0.2, 0.25) is 0 Å². The van der Waals surface area contributed by atoms with Gasteiger partial charge in [0, 0.05) is 17.8 Å². The molecule has 8 heteroatoms. The Hall–Kier alpha value is -3.91. The van der Waals surface area contributed by atoms with Gasteiger partial charge in [-0.15, -0.1) is 6.58 Å². The van der Waals surface area contributed by atoms with Crippen LogP contribution in [-0.2, 0) is 10.0 Å². The van der Waals surface area contributed by atoms with Gasteiger partial charge >= 0.3 is 0 Å². The summed E-state index contributed by atoms with van der Waals surface area (Å²) in [7, 11) is -3.92. The molecule has 3 aromatic rings. The Balaban J connectivity index is 1.86. The number of carbonyl (C=O) groups is 2. The van der Waals surface area contributed by atoms with Gasteiger partial charge in [-0.25, -0.2) is 8.42 Å². The Morgan fingerprint density at radius 3 is 2.33 bits per heavy atom. The summed E-state index contributed by atoms with van der Waals surface area (Å²) < 4.78 is 28.5. The molecule has 0 saturated carbocycles. The molecule has 3 N–H and O–H groups in total. The predicted octanol–water partition coefficient (Wildman–Crippen LogP) is 4.27. The highest BCUT2D eigenvalue weighted by molar-refractivity contribution is 7.92. The van der Waals surface area contributed by atoms with Gasteiger partial charge in [0.25, 0.3) is 21.8 Å². The molecule has 3 aromatic carbocycles. The highest BCUT2D eigenvalue weighted by Crippen LogP contribution is 2.23. The third-order valence-corrected chi connectivity index (χ3v) is 6.39. The molecule has 0 aromatic heterocycles. The first-order valence-corrected chi connectivity index (χ1v) is 11.7. The number of hydrogen-bond donors (Lipinski definition) is 3. The number of hydrogen-bond acceptors (Lipinski definition) is 4. The number of amides is 2. The Morgan fingerprint density at radius 2 is 1.64 bits per heavy atom. The molecule has 0 radical (unpaired) electrons. The summed E-state index contributed by atoms with van der Waals surface area (Å²) in [5, 5.41) is 5.37. The molecule has 170 valence electrons. The first-order chi connectivity index (χ1) is 15.7. The van der Waals surface area contributed by atoms with Gasteiger partial charge < -0.3 is 10.6 Å². The monoisotopic (exact) mass is 463 g/mol. The molecule has 0 atom stereocenters. The van der Waals surface area contributed by atoms with E-state index in [1.807, 2.05) is 6.92 Å². The van der Waals surface area contributed by atoms with Crippen LogP contribution in [0.25, 0.3) is 0 Å². The first-order valence-electron chi connectivity index (χ1n) is 10.2. The van der Waals surface area contributed by atoms with Crippen LogP contribution >= 0.6 is 0 Å². The van der Waals surface area contributed by atoms with E-state index < -0.39 is 15.9 Å². The van der Waals surface area contributed by atoms with Crippen molar-refractivity contribution >= 4 is 33.2 Å². The van der Waals surface area contributed by atoms with Gasteiger partial charge in [0.1, 0.15) is 0 Å². The molecule has 2 amide bonds. The lowest BCUT2D eigenvalue weighted by atomic mass is 10.1. The Morgan fingerprint density at radius 1 is 0.939 bits per heavy atom. The fourth-order valence-corrected chi connectivity index (χ4v) is 4.44. The number of para-hydroxylation sites is 1. The van der Waals surface area contributed by atoms with Gasteiger partial charge in [0.05, 0.1) is 16.1 Å². The summed E-state index contributed by atoms with van der Waals surface area (Å²) in [6.45, 7) is 7.42. The van der Waals surface area contributed by atoms with Gasteiger partial charge in [-0.3, -0.25) is 14.3 Å². The second-order valence-electron chi connectivity index (χ2n) is 7.45. The van der Waals surface area contributed by atoms with Crippen LogP contribution in [0.4, 0.5) is 11.4 Å². The summed E-state index contributed by atoms with van der Waals surface area (Å²) in [6, 6.07) is 18.0. The van der Waals surface area contributed by atoms with Crippen LogP contribution in [-0.4, -0.2) is 26.8 Å². The van der Waals surface area contributed by atoms with Crippen molar-refractivity contribution in [3.8, 4) is 0 Å². The van der Waals surface area contributed by atoms with Crippen LogP contribution in [0.15, 0.2) is 84.3 Å². The highest BCUT2D eigenvalue weighted by Gasteiger charge is 2.20. The lowest BCUT2D eigenvalue weighted by Crippen LogP contribution is -2.25. The van der Waals surface area contributed by atoms with Gasteiger partial charge in [0.2, 0.25) is 0 Å². The Labute approximate surface area is 193 Å². The summed E-state index contributed by atoms with van der Waals surface area (Å²) >= 11 is 0. The Kier molecular flexibility index (Phi) is 7.30. The van der Waals surface area contributed by atoms with Crippen LogP contribution in [0.5, 0.6) is 0 Å². The average molecular weight is 464 g/mol. The standard InChI is InChI=1S/C25H25N3O4S/c1-4-15-26-25(30)21-7-5-6-8-22(21)27-24(29)19-12-11-18(3)23(16-19)33(31,32)28-20-13-9-17(2)10-14-20/h4-14,16,28H,1,15H2,2-3H3,(H,26,30)(H,27,29). The molecule has 0 unspecified atom stereocenters.